The van der Waals surface area contributed by atoms with Gasteiger partial charge in [-0.05, 0) is 55.7 Å². The number of carbonyl (C=O) groups excluding carboxylic acids is 2. The van der Waals surface area contributed by atoms with Crippen LogP contribution in [0.2, 0.25) is 0 Å². The molecule has 0 unspecified atom stereocenters. The molecule has 2 amide bonds. The van der Waals surface area contributed by atoms with Crippen molar-refractivity contribution >= 4 is 23.2 Å². The van der Waals surface area contributed by atoms with E-state index in [-0.39, 0.29) is 18.2 Å². The van der Waals surface area contributed by atoms with E-state index in [1.807, 2.05) is 45.0 Å². The maximum absolute atomic E-state index is 12.1. The van der Waals surface area contributed by atoms with E-state index in [0.29, 0.717) is 11.4 Å². The number of hydrogen-bond donors (Lipinski definition) is 2. The van der Waals surface area contributed by atoms with Gasteiger partial charge in [0.15, 0.2) is 0 Å². The highest BCUT2D eigenvalue weighted by molar-refractivity contribution is 6.08. The quantitative estimate of drug-likeness (QED) is 0.825. The third-order valence-electron chi connectivity index (χ3n) is 3.62. The Hall–Kier alpha value is -2.82. The number of rotatable bonds is 5. The minimum absolute atomic E-state index is 0.259. The molecule has 2 aromatic rings. The molecule has 0 atom stereocenters. The molecular weight excluding hydrogens is 304 g/mol. The van der Waals surface area contributed by atoms with Gasteiger partial charge in [0.2, 0.25) is 11.8 Å². The fourth-order valence-electron chi connectivity index (χ4n) is 2.32. The Morgan fingerprint density at radius 2 is 1.42 bits per heavy atom. The molecule has 0 bridgehead atoms. The van der Waals surface area contributed by atoms with Crippen LogP contribution in [0.15, 0.2) is 36.4 Å². The summed E-state index contributed by atoms with van der Waals surface area (Å²) in [4.78, 5) is 24.2. The molecule has 2 rings (SSSR count). The van der Waals surface area contributed by atoms with Gasteiger partial charge in [-0.15, -0.1) is 0 Å². The Morgan fingerprint density at radius 1 is 0.875 bits per heavy atom. The van der Waals surface area contributed by atoms with E-state index in [1.54, 1.807) is 12.1 Å². The van der Waals surface area contributed by atoms with E-state index in [9.17, 15) is 9.59 Å². The third kappa shape index (κ3) is 4.59. The van der Waals surface area contributed by atoms with Crippen LogP contribution in [0.25, 0.3) is 0 Å². The van der Waals surface area contributed by atoms with Gasteiger partial charge >= 0.3 is 0 Å². The van der Waals surface area contributed by atoms with Crippen molar-refractivity contribution in [3.8, 4) is 5.75 Å². The van der Waals surface area contributed by atoms with Gasteiger partial charge in [-0.2, -0.15) is 0 Å². The van der Waals surface area contributed by atoms with Crippen molar-refractivity contribution in [3.63, 3.8) is 0 Å². The maximum atomic E-state index is 12.1. The summed E-state index contributed by atoms with van der Waals surface area (Å²) in [5.41, 5.74) is 4.27. The van der Waals surface area contributed by atoms with Crippen molar-refractivity contribution in [3.05, 3.63) is 53.1 Å². The van der Waals surface area contributed by atoms with Gasteiger partial charge in [0.1, 0.15) is 12.2 Å². The Bertz CT molecular complexity index is 769. The Kier molecular flexibility index (Phi) is 5.58. The lowest BCUT2D eigenvalue weighted by Gasteiger charge is -2.12. The molecule has 0 spiro atoms. The van der Waals surface area contributed by atoms with Gasteiger partial charge < -0.3 is 15.4 Å². The van der Waals surface area contributed by atoms with Crippen molar-refractivity contribution < 1.29 is 14.3 Å². The molecule has 0 aliphatic carbocycles. The zero-order valence-corrected chi connectivity index (χ0v) is 14.4. The van der Waals surface area contributed by atoms with E-state index in [1.165, 1.54) is 7.11 Å². The van der Waals surface area contributed by atoms with Crippen LogP contribution in [0, 0.1) is 20.8 Å². The number of ether oxygens (including phenoxy) is 1. The van der Waals surface area contributed by atoms with Gasteiger partial charge in [0.05, 0.1) is 12.8 Å². The highest BCUT2D eigenvalue weighted by atomic mass is 16.5. The van der Waals surface area contributed by atoms with Crippen molar-refractivity contribution in [2.45, 2.75) is 27.2 Å². The van der Waals surface area contributed by atoms with Crippen LogP contribution in [-0.2, 0) is 9.59 Å². The first kappa shape index (κ1) is 17.5. The fraction of sp³-hybridized carbons (Fsp3) is 0.263. The Morgan fingerprint density at radius 3 is 2.04 bits per heavy atom. The van der Waals surface area contributed by atoms with Gasteiger partial charge in [0, 0.05) is 5.69 Å². The molecule has 0 aliphatic rings. The predicted octanol–water partition coefficient (Wildman–Crippen LogP) is 3.59. The summed E-state index contributed by atoms with van der Waals surface area (Å²) in [5, 5.41) is 5.50. The molecule has 0 heterocycles. The normalized spacial score (nSPS) is 10.2. The lowest BCUT2D eigenvalue weighted by Crippen LogP contribution is -2.22. The minimum atomic E-state index is -0.387. The Labute approximate surface area is 142 Å². The van der Waals surface area contributed by atoms with E-state index < -0.39 is 0 Å². The molecule has 0 saturated carbocycles. The van der Waals surface area contributed by atoms with E-state index in [2.05, 4.69) is 10.6 Å². The molecule has 0 aromatic heterocycles. The van der Waals surface area contributed by atoms with Crippen molar-refractivity contribution in [2.75, 3.05) is 17.7 Å². The zero-order chi connectivity index (χ0) is 17.7. The van der Waals surface area contributed by atoms with Crippen LogP contribution in [-0.4, -0.2) is 18.9 Å². The molecule has 2 N–H and O–H groups in total. The lowest BCUT2D eigenvalue weighted by molar-refractivity contribution is -0.123. The van der Waals surface area contributed by atoms with Gasteiger partial charge in [-0.25, -0.2) is 0 Å². The summed E-state index contributed by atoms with van der Waals surface area (Å²) in [7, 11) is 1.54. The summed E-state index contributed by atoms with van der Waals surface area (Å²) in [6.45, 7) is 5.78. The zero-order valence-electron chi connectivity index (χ0n) is 14.4. The highest BCUT2D eigenvalue weighted by Crippen LogP contribution is 2.25. The number of nitrogens with one attached hydrogen (secondary N) is 2. The van der Waals surface area contributed by atoms with Gasteiger partial charge in [-0.3, -0.25) is 9.59 Å². The van der Waals surface area contributed by atoms with Crippen LogP contribution < -0.4 is 15.4 Å². The van der Waals surface area contributed by atoms with Crippen LogP contribution in [0.1, 0.15) is 23.1 Å². The molecule has 0 saturated heterocycles. The van der Waals surface area contributed by atoms with Crippen molar-refractivity contribution in [1.29, 1.82) is 0 Å². The number of anilines is 2. The van der Waals surface area contributed by atoms with Crippen molar-refractivity contribution in [1.82, 2.24) is 0 Å². The average Bonchev–Trinajstić information content (AvgIpc) is 2.51. The molecular formula is C19H22N2O3. The smallest absolute Gasteiger partial charge is 0.233 e. The van der Waals surface area contributed by atoms with Crippen LogP contribution in [0.3, 0.4) is 0 Å². The summed E-state index contributed by atoms with van der Waals surface area (Å²) in [6, 6.07) is 11.3. The number of amides is 2. The Balaban J connectivity index is 2.01. The molecule has 126 valence electrons. The predicted molar refractivity (Wildman–Crippen MR) is 95.5 cm³/mol. The second kappa shape index (κ2) is 7.64. The molecule has 0 aliphatic heterocycles. The first-order valence-corrected chi connectivity index (χ1v) is 7.70. The molecule has 5 heteroatoms. The number of benzene rings is 2. The molecule has 5 nitrogen and oxygen atoms in total. The van der Waals surface area contributed by atoms with Crippen LogP contribution >= 0.6 is 0 Å². The summed E-state index contributed by atoms with van der Waals surface area (Å²) in [6.07, 6.45) is -0.259. The monoisotopic (exact) mass is 326 g/mol. The van der Waals surface area contributed by atoms with Crippen molar-refractivity contribution in [2.24, 2.45) is 0 Å². The minimum Gasteiger partial charge on any atom is -0.495 e. The number of methoxy groups -OCH3 is 1. The number of hydrogen-bond acceptors (Lipinski definition) is 3. The molecule has 0 radical (unpaired) electrons. The van der Waals surface area contributed by atoms with E-state index in [0.717, 1.165) is 22.4 Å². The average molecular weight is 326 g/mol. The van der Waals surface area contributed by atoms with Crippen LogP contribution in [0.5, 0.6) is 5.75 Å². The summed E-state index contributed by atoms with van der Waals surface area (Å²) < 4.78 is 5.22. The lowest BCUT2D eigenvalue weighted by atomic mass is 10.1. The molecule has 0 fully saturated rings. The van der Waals surface area contributed by atoms with Crippen LogP contribution in [0.4, 0.5) is 11.4 Å². The third-order valence-corrected chi connectivity index (χ3v) is 3.62. The van der Waals surface area contributed by atoms with Gasteiger partial charge in [-0.1, -0.05) is 18.2 Å². The standard InChI is InChI=1S/C19H22N2O3/c1-12-5-7-14(3)15(9-12)20-18(22)11-19(23)21-16-10-13(2)6-8-17(16)24-4/h5-10H,11H2,1-4H3,(H,20,22)(H,21,23). The summed E-state index contributed by atoms with van der Waals surface area (Å²) in [5.74, 6) is -0.182. The topological polar surface area (TPSA) is 67.4 Å². The second-order valence-corrected chi connectivity index (χ2v) is 5.80. The SMILES string of the molecule is COc1ccc(C)cc1NC(=O)CC(=O)Nc1cc(C)ccc1C. The van der Waals surface area contributed by atoms with E-state index >= 15 is 0 Å². The number of carbonyl (C=O) groups is 2. The van der Waals surface area contributed by atoms with Gasteiger partial charge in [0.25, 0.3) is 0 Å². The fourth-order valence-corrected chi connectivity index (χ4v) is 2.32. The molecule has 2 aromatic carbocycles. The second-order valence-electron chi connectivity index (χ2n) is 5.80. The highest BCUT2D eigenvalue weighted by Gasteiger charge is 2.13. The largest absolute Gasteiger partial charge is 0.495 e. The van der Waals surface area contributed by atoms with E-state index in [4.69, 9.17) is 4.74 Å². The first-order valence-electron chi connectivity index (χ1n) is 7.70. The number of aryl methyl sites for hydroxylation is 3. The molecule has 24 heavy (non-hydrogen) atoms. The first-order chi connectivity index (χ1) is 11.4. The summed E-state index contributed by atoms with van der Waals surface area (Å²) >= 11 is 0. The maximum Gasteiger partial charge on any atom is 0.233 e.